The van der Waals surface area contributed by atoms with Gasteiger partial charge in [-0.25, -0.2) is 9.78 Å². The molecule has 1 aromatic heterocycles. The monoisotopic (exact) mass is 389 g/mol. The molecule has 0 bridgehead atoms. The van der Waals surface area contributed by atoms with Gasteiger partial charge in [0.05, 0.1) is 5.56 Å². The zero-order valence-corrected chi connectivity index (χ0v) is 15.9. The maximum Gasteiger partial charge on any atom is 0.363 e. The van der Waals surface area contributed by atoms with Crippen molar-refractivity contribution in [3.8, 4) is 17.0 Å². The Morgan fingerprint density at radius 2 is 1.62 bits per heavy atom. The molecule has 0 saturated carbocycles. The average molecular weight is 389 g/mol. The van der Waals surface area contributed by atoms with Crippen molar-refractivity contribution in [2.24, 2.45) is 0 Å². The van der Waals surface area contributed by atoms with Gasteiger partial charge >= 0.3 is 5.63 Å². The summed E-state index contributed by atoms with van der Waals surface area (Å²) in [5.41, 5.74) is 0.0130. The second-order valence-corrected chi connectivity index (χ2v) is 7.78. The highest BCUT2D eigenvalue weighted by Gasteiger charge is 2.44. The number of aromatic nitrogens is 1. The van der Waals surface area contributed by atoms with E-state index in [1.807, 2.05) is 42.5 Å². The summed E-state index contributed by atoms with van der Waals surface area (Å²) in [7, 11) is 0. The van der Waals surface area contributed by atoms with Crippen LogP contribution in [-0.2, 0) is 0 Å². The van der Waals surface area contributed by atoms with Gasteiger partial charge < -0.3 is 19.4 Å². The van der Waals surface area contributed by atoms with Gasteiger partial charge in [0.2, 0.25) is 0 Å². The lowest BCUT2D eigenvalue weighted by atomic mass is 9.86. The van der Waals surface area contributed by atoms with Crippen LogP contribution in [0.4, 0.5) is 0 Å². The summed E-state index contributed by atoms with van der Waals surface area (Å²) in [5, 5.41) is 22.9. The van der Waals surface area contributed by atoms with Crippen molar-refractivity contribution in [2.75, 3.05) is 0 Å². The summed E-state index contributed by atoms with van der Waals surface area (Å²) >= 11 is 0. The van der Waals surface area contributed by atoms with E-state index in [1.165, 1.54) is 0 Å². The van der Waals surface area contributed by atoms with Crippen LogP contribution in [-0.4, -0.2) is 26.9 Å². The molecule has 0 aliphatic carbocycles. The summed E-state index contributed by atoms with van der Waals surface area (Å²) in [6.07, 6.45) is -2.48. The average Bonchev–Trinajstić information content (AvgIpc) is 2.72. The van der Waals surface area contributed by atoms with Crippen LogP contribution in [0.5, 0.6) is 5.75 Å². The molecule has 6 heteroatoms. The molecule has 1 aliphatic heterocycles. The Kier molecular flexibility index (Phi) is 3.78. The summed E-state index contributed by atoms with van der Waals surface area (Å²) in [6, 6.07) is 16.5. The Hall–Kier alpha value is -3.22. The van der Waals surface area contributed by atoms with Gasteiger partial charge in [-0.2, -0.15) is 0 Å². The highest BCUT2D eigenvalue weighted by atomic mass is 16.5. The van der Waals surface area contributed by atoms with E-state index in [4.69, 9.17) is 9.15 Å². The topological polar surface area (TPSA) is 92.8 Å². The van der Waals surface area contributed by atoms with E-state index in [0.717, 1.165) is 10.8 Å². The molecule has 0 spiro atoms. The second-order valence-electron chi connectivity index (χ2n) is 7.78. The fourth-order valence-corrected chi connectivity index (χ4v) is 3.92. The molecule has 5 rings (SSSR count). The molecule has 6 nitrogen and oxygen atoms in total. The first-order chi connectivity index (χ1) is 13.9. The number of hydrogen-bond acceptors (Lipinski definition) is 6. The summed E-state index contributed by atoms with van der Waals surface area (Å²) in [6.45, 7) is 3.41. The number of ether oxygens (including phenoxy) is 1. The molecular formula is C23H19NO5. The lowest BCUT2D eigenvalue weighted by molar-refractivity contribution is -0.110. The number of benzene rings is 3. The first-order valence-electron chi connectivity index (χ1n) is 9.38. The molecule has 0 fully saturated rings. The van der Waals surface area contributed by atoms with Crippen molar-refractivity contribution in [1.82, 2.24) is 4.98 Å². The molecule has 146 valence electrons. The number of rotatable bonds is 1. The molecule has 1 aliphatic rings. The molecule has 2 atom stereocenters. The van der Waals surface area contributed by atoms with Gasteiger partial charge in [-0.05, 0) is 13.8 Å². The van der Waals surface area contributed by atoms with Crippen LogP contribution in [0.3, 0.4) is 0 Å². The molecule has 2 heterocycles. The van der Waals surface area contributed by atoms with E-state index in [-0.39, 0.29) is 16.8 Å². The van der Waals surface area contributed by atoms with Crippen LogP contribution in [0, 0.1) is 0 Å². The first kappa shape index (κ1) is 17.8. The van der Waals surface area contributed by atoms with Crippen molar-refractivity contribution in [3.05, 3.63) is 70.6 Å². The Morgan fingerprint density at radius 1 is 0.966 bits per heavy atom. The van der Waals surface area contributed by atoms with E-state index in [9.17, 15) is 15.0 Å². The number of hydrogen-bond donors (Lipinski definition) is 2. The van der Waals surface area contributed by atoms with Crippen LogP contribution >= 0.6 is 0 Å². The lowest BCUT2D eigenvalue weighted by Gasteiger charge is -2.40. The van der Waals surface area contributed by atoms with E-state index in [2.05, 4.69) is 4.98 Å². The van der Waals surface area contributed by atoms with Gasteiger partial charge in [0.15, 0.2) is 11.3 Å². The van der Waals surface area contributed by atoms with Gasteiger partial charge in [-0.15, -0.1) is 0 Å². The van der Waals surface area contributed by atoms with Crippen molar-refractivity contribution in [2.45, 2.75) is 31.7 Å². The van der Waals surface area contributed by atoms with Crippen molar-refractivity contribution < 1.29 is 19.4 Å². The lowest BCUT2D eigenvalue weighted by Crippen LogP contribution is -2.48. The minimum absolute atomic E-state index is 0.130. The Morgan fingerprint density at radius 3 is 2.34 bits per heavy atom. The van der Waals surface area contributed by atoms with Crippen molar-refractivity contribution in [3.63, 3.8) is 0 Å². The Balaban J connectivity index is 1.93. The van der Waals surface area contributed by atoms with Crippen LogP contribution in [0.25, 0.3) is 33.1 Å². The number of fused-ring (bicyclic) bond motifs is 6. The molecule has 0 saturated heterocycles. The maximum absolute atomic E-state index is 12.8. The second kappa shape index (κ2) is 6.14. The summed E-state index contributed by atoms with van der Waals surface area (Å²) < 4.78 is 11.7. The third-order valence-electron chi connectivity index (χ3n) is 5.46. The quantitative estimate of drug-likeness (QED) is 0.484. The number of nitrogens with zero attached hydrogens (tertiary/aromatic N) is 1. The van der Waals surface area contributed by atoms with E-state index < -0.39 is 23.4 Å². The Labute approximate surface area is 166 Å². The zero-order valence-electron chi connectivity index (χ0n) is 15.9. The standard InChI is InChI=1S/C23H19NO5/c1-23(2)21(26)18(25)15-19(29-23)14-11-7-6-10-13(14)17-20(15)28-22(27)16(24-17)12-8-4-3-5-9-12/h3-11,18,21,25-26H,1-2H3. The summed E-state index contributed by atoms with van der Waals surface area (Å²) in [5.74, 6) is 0.397. The zero-order chi connectivity index (χ0) is 20.3. The van der Waals surface area contributed by atoms with Crippen molar-refractivity contribution in [1.29, 1.82) is 0 Å². The fraction of sp³-hybridized carbons (Fsp3) is 0.217. The molecule has 2 N–H and O–H groups in total. The number of aliphatic hydroxyl groups excluding tert-OH is 2. The molecule has 2 unspecified atom stereocenters. The smallest absolute Gasteiger partial charge is 0.363 e. The van der Waals surface area contributed by atoms with E-state index >= 15 is 0 Å². The number of aliphatic hydroxyl groups is 2. The van der Waals surface area contributed by atoms with Gasteiger partial charge in [-0.3, -0.25) is 0 Å². The van der Waals surface area contributed by atoms with Crippen molar-refractivity contribution >= 4 is 21.9 Å². The molecule has 0 amide bonds. The highest BCUT2D eigenvalue weighted by molar-refractivity contribution is 6.09. The van der Waals surface area contributed by atoms with Gasteiger partial charge in [0, 0.05) is 16.3 Å². The Bertz CT molecular complexity index is 1310. The highest BCUT2D eigenvalue weighted by Crippen LogP contribution is 2.47. The molecular weight excluding hydrogens is 370 g/mol. The third kappa shape index (κ3) is 2.57. The largest absolute Gasteiger partial charge is 0.484 e. The van der Waals surface area contributed by atoms with Crippen LogP contribution in [0.15, 0.2) is 63.8 Å². The molecule has 4 aromatic rings. The van der Waals surface area contributed by atoms with Crippen LogP contribution in [0.2, 0.25) is 0 Å². The fourth-order valence-electron chi connectivity index (χ4n) is 3.92. The van der Waals surface area contributed by atoms with Crippen LogP contribution < -0.4 is 10.4 Å². The predicted octanol–water partition coefficient (Wildman–Crippen LogP) is 3.57. The molecule has 3 aromatic carbocycles. The van der Waals surface area contributed by atoms with Gasteiger partial charge in [-0.1, -0.05) is 54.6 Å². The predicted molar refractivity (Wildman–Crippen MR) is 109 cm³/mol. The SMILES string of the molecule is CC1(C)Oc2c(c3oc(=O)c(-c4ccccc4)nc3c3ccccc23)C(O)C1O. The first-order valence-corrected chi connectivity index (χ1v) is 9.38. The third-order valence-corrected chi connectivity index (χ3v) is 5.46. The summed E-state index contributed by atoms with van der Waals surface area (Å²) in [4.78, 5) is 17.4. The van der Waals surface area contributed by atoms with E-state index in [0.29, 0.717) is 16.8 Å². The molecule has 29 heavy (non-hydrogen) atoms. The molecule has 0 radical (unpaired) electrons. The van der Waals surface area contributed by atoms with Crippen LogP contribution in [0.1, 0.15) is 25.5 Å². The minimum Gasteiger partial charge on any atom is -0.484 e. The van der Waals surface area contributed by atoms with Gasteiger partial charge in [0.25, 0.3) is 0 Å². The van der Waals surface area contributed by atoms with E-state index in [1.54, 1.807) is 26.0 Å². The normalized spacial score (nSPS) is 20.4. The van der Waals surface area contributed by atoms with Gasteiger partial charge in [0.1, 0.15) is 29.1 Å². The maximum atomic E-state index is 12.8. The minimum atomic E-state index is -1.28.